The lowest BCUT2D eigenvalue weighted by Crippen LogP contribution is -2.38. The molecule has 0 aliphatic carbocycles. The van der Waals surface area contributed by atoms with Crippen LogP contribution in [0.5, 0.6) is 0 Å². The quantitative estimate of drug-likeness (QED) is 0.897. The molecule has 1 amide bonds. The second-order valence-electron chi connectivity index (χ2n) is 6.64. The average Bonchev–Trinajstić information content (AvgIpc) is 2.97. The largest absolute Gasteiger partial charge is 0.444 e. The van der Waals surface area contributed by atoms with Crippen LogP contribution >= 0.6 is 0 Å². The molecule has 1 aliphatic rings. The van der Waals surface area contributed by atoms with Gasteiger partial charge in [-0.25, -0.2) is 9.78 Å². The van der Waals surface area contributed by atoms with E-state index in [-0.39, 0.29) is 18.1 Å². The van der Waals surface area contributed by atoms with E-state index in [9.17, 15) is 4.79 Å². The second-order valence-corrected chi connectivity index (χ2v) is 6.64. The van der Waals surface area contributed by atoms with E-state index in [2.05, 4.69) is 10.1 Å². The summed E-state index contributed by atoms with van der Waals surface area (Å²) in [7, 11) is 1.86. The van der Waals surface area contributed by atoms with Gasteiger partial charge < -0.3 is 15.4 Å². The van der Waals surface area contributed by atoms with Gasteiger partial charge in [0.1, 0.15) is 17.8 Å². The highest BCUT2D eigenvalue weighted by Crippen LogP contribution is 2.22. The van der Waals surface area contributed by atoms with E-state index in [1.165, 1.54) is 6.33 Å². The molecule has 1 fully saturated rings. The molecule has 1 aromatic rings. The number of nitrogens with two attached hydrogens (primary N) is 1. The number of carbonyl (C=O) groups is 1. The Morgan fingerprint density at radius 3 is 2.86 bits per heavy atom. The van der Waals surface area contributed by atoms with Gasteiger partial charge >= 0.3 is 6.09 Å². The molecule has 2 rings (SSSR count). The predicted molar refractivity (Wildman–Crippen MR) is 78.6 cm³/mol. The van der Waals surface area contributed by atoms with Crippen LogP contribution < -0.4 is 5.73 Å². The van der Waals surface area contributed by atoms with Crippen LogP contribution in [0.1, 0.15) is 33.0 Å². The molecular formula is C14H25N5O2. The molecule has 1 saturated heterocycles. The summed E-state index contributed by atoms with van der Waals surface area (Å²) in [5.74, 6) is 1.15. The lowest BCUT2D eigenvalue weighted by Gasteiger charge is -2.25. The van der Waals surface area contributed by atoms with E-state index in [0.29, 0.717) is 19.5 Å². The number of nitrogens with zero attached hydrogens (tertiary/aromatic N) is 4. The number of amides is 1. The van der Waals surface area contributed by atoms with Gasteiger partial charge in [0.15, 0.2) is 0 Å². The van der Waals surface area contributed by atoms with Gasteiger partial charge in [0.25, 0.3) is 0 Å². The molecule has 2 unspecified atom stereocenters. The summed E-state index contributed by atoms with van der Waals surface area (Å²) in [4.78, 5) is 18.0. The van der Waals surface area contributed by atoms with Gasteiger partial charge in [-0.2, -0.15) is 5.10 Å². The molecule has 7 nitrogen and oxygen atoms in total. The van der Waals surface area contributed by atoms with Crippen molar-refractivity contribution in [2.45, 2.75) is 45.3 Å². The fraction of sp³-hybridized carbons (Fsp3) is 0.786. The SMILES string of the molecule is Cn1ncnc1CC(N)C1CCN(C(=O)OC(C)(C)C)C1. The molecule has 0 radical (unpaired) electrons. The van der Waals surface area contributed by atoms with Gasteiger partial charge in [-0.3, -0.25) is 4.68 Å². The van der Waals surface area contributed by atoms with Crippen molar-refractivity contribution >= 4 is 6.09 Å². The molecule has 1 aliphatic heterocycles. The van der Waals surface area contributed by atoms with Gasteiger partial charge in [0.05, 0.1) is 0 Å². The highest BCUT2D eigenvalue weighted by molar-refractivity contribution is 5.68. The molecule has 0 saturated carbocycles. The maximum absolute atomic E-state index is 12.0. The van der Waals surface area contributed by atoms with Crippen molar-refractivity contribution in [1.29, 1.82) is 0 Å². The Morgan fingerprint density at radius 1 is 1.57 bits per heavy atom. The zero-order valence-electron chi connectivity index (χ0n) is 13.2. The van der Waals surface area contributed by atoms with Crippen LogP contribution in [0.3, 0.4) is 0 Å². The summed E-state index contributed by atoms with van der Waals surface area (Å²) in [6.07, 6.45) is 2.85. The lowest BCUT2D eigenvalue weighted by molar-refractivity contribution is 0.0286. The van der Waals surface area contributed by atoms with Gasteiger partial charge in [-0.15, -0.1) is 0 Å². The van der Waals surface area contributed by atoms with Crippen LogP contribution in [-0.2, 0) is 18.2 Å². The fourth-order valence-electron chi connectivity index (χ4n) is 2.51. The van der Waals surface area contributed by atoms with E-state index in [0.717, 1.165) is 12.2 Å². The summed E-state index contributed by atoms with van der Waals surface area (Å²) in [6, 6.07) is -0.0275. The first-order chi connectivity index (χ1) is 9.76. The topological polar surface area (TPSA) is 86.3 Å². The van der Waals surface area contributed by atoms with Gasteiger partial charge in [0, 0.05) is 32.6 Å². The summed E-state index contributed by atoms with van der Waals surface area (Å²) >= 11 is 0. The number of rotatable bonds is 3. The summed E-state index contributed by atoms with van der Waals surface area (Å²) in [5, 5.41) is 4.05. The monoisotopic (exact) mass is 295 g/mol. The molecule has 0 aromatic carbocycles. The lowest BCUT2D eigenvalue weighted by atomic mass is 9.97. The predicted octanol–water partition coefficient (Wildman–Crippen LogP) is 0.942. The molecule has 118 valence electrons. The minimum atomic E-state index is -0.462. The molecule has 1 aromatic heterocycles. The Balaban J connectivity index is 1.87. The first kappa shape index (κ1) is 15.8. The first-order valence-electron chi connectivity index (χ1n) is 7.32. The van der Waals surface area contributed by atoms with Crippen molar-refractivity contribution in [1.82, 2.24) is 19.7 Å². The van der Waals surface area contributed by atoms with E-state index in [4.69, 9.17) is 10.5 Å². The Bertz CT molecular complexity index is 494. The van der Waals surface area contributed by atoms with Crippen molar-refractivity contribution in [2.75, 3.05) is 13.1 Å². The average molecular weight is 295 g/mol. The molecular weight excluding hydrogens is 270 g/mol. The molecule has 2 N–H and O–H groups in total. The number of aryl methyl sites for hydroxylation is 1. The summed E-state index contributed by atoms with van der Waals surface area (Å²) < 4.78 is 7.13. The van der Waals surface area contributed by atoms with Crippen molar-refractivity contribution in [2.24, 2.45) is 18.7 Å². The number of hydrogen-bond donors (Lipinski definition) is 1. The van der Waals surface area contributed by atoms with Crippen LogP contribution in [0.4, 0.5) is 4.79 Å². The highest BCUT2D eigenvalue weighted by atomic mass is 16.6. The zero-order valence-corrected chi connectivity index (χ0v) is 13.2. The Morgan fingerprint density at radius 2 is 2.29 bits per heavy atom. The maximum atomic E-state index is 12.0. The smallest absolute Gasteiger partial charge is 0.410 e. The summed E-state index contributed by atoms with van der Waals surface area (Å²) in [6.45, 7) is 6.97. The van der Waals surface area contributed by atoms with Crippen molar-refractivity contribution in [3.8, 4) is 0 Å². The van der Waals surface area contributed by atoms with E-state index >= 15 is 0 Å². The van der Waals surface area contributed by atoms with Crippen LogP contribution in [0.2, 0.25) is 0 Å². The molecule has 2 heterocycles. The number of ether oxygens (including phenoxy) is 1. The van der Waals surface area contributed by atoms with Crippen molar-refractivity contribution < 1.29 is 9.53 Å². The zero-order chi connectivity index (χ0) is 15.6. The normalized spacial score (nSPS) is 20.6. The van der Waals surface area contributed by atoms with Gasteiger partial charge in [-0.1, -0.05) is 0 Å². The summed E-state index contributed by atoms with van der Waals surface area (Å²) in [5.41, 5.74) is 5.81. The Labute approximate surface area is 125 Å². The number of carbonyl (C=O) groups excluding carboxylic acids is 1. The van der Waals surface area contributed by atoms with Crippen molar-refractivity contribution in [3.63, 3.8) is 0 Å². The molecule has 2 atom stereocenters. The first-order valence-corrected chi connectivity index (χ1v) is 7.32. The third kappa shape index (κ3) is 4.17. The Kier molecular flexibility index (Phi) is 4.51. The second kappa shape index (κ2) is 6.01. The van der Waals surface area contributed by atoms with Crippen molar-refractivity contribution in [3.05, 3.63) is 12.2 Å². The van der Waals surface area contributed by atoms with Crippen LogP contribution in [-0.4, -0.2) is 50.5 Å². The van der Waals surface area contributed by atoms with E-state index < -0.39 is 5.60 Å². The number of aromatic nitrogens is 3. The van der Waals surface area contributed by atoms with E-state index in [1.54, 1.807) is 9.58 Å². The number of hydrogen-bond acceptors (Lipinski definition) is 5. The van der Waals surface area contributed by atoms with Crippen LogP contribution in [0.15, 0.2) is 6.33 Å². The standard InChI is InChI=1S/C14H25N5O2/c1-14(2,3)21-13(20)19-6-5-10(8-19)11(15)7-12-16-9-17-18(12)4/h9-11H,5-8,15H2,1-4H3. The maximum Gasteiger partial charge on any atom is 0.410 e. The third-order valence-electron chi connectivity index (χ3n) is 3.71. The van der Waals surface area contributed by atoms with Gasteiger partial charge in [0.2, 0.25) is 0 Å². The van der Waals surface area contributed by atoms with E-state index in [1.807, 2.05) is 27.8 Å². The minimum absolute atomic E-state index is 0.0275. The molecule has 0 bridgehead atoms. The van der Waals surface area contributed by atoms with Crippen LogP contribution in [0.25, 0.3) is 0 Å². The van der Waals surface area contributed by atoms with Gasteiger partial charge in [-0.05, 0) is 33.1 Å². The molecule has 0 spiro atoms. The minimum Gasteiger partial charge on any atom is -0.444 e. The van der Waals surface area contributed by atoms with Crippen LogP contribution in [0, 0.1) is 5.92 Å². The number of likely N-dealkylation sites (tertiary alicyclic amines) is 1. The third-order valence-corrected chi connectivity index (χ3v) is 3.71. The molecule has 7 heteroatoms. The fourth-order valence-corrected chi connectivity index (χ4v) is 2.51. The highest BCUT2D eigenvalue weighted by Gasteiger charge is 2.33. The Hall–Kier alpha value is -1.63. The molecule has 21 heavy (non-hydrogen) atoms.